The highest BCUT2D eigenvalue weighted by Gasteiger charge is 2.29. The minimum Gasteiger partial charge on any atom is -0.249 e. The second-order valence-corrected chi connectivity index (χ2v) is 2.61. The molecule has 1 rings (SSSR count). The Morgan fingerprint density at radius 3 is 2.00 bits per heavy atom. The van der Waals surface area contributed by atoms with E-state index >= 15 is 0 Å². The second kappa shape index (κ2) is 4.30. The van der Waals surface area contributed by atoms with Crippen LogP contribution in [0.5, 0.6) is 0 Å². The molecular formula is C9H3F5O2. The Bertz CT molecular complexity index is 470. The first kappa shape index (κ1) is 12.2. The Morgan fingerprint density at radius 1 is 1.06 bits per heavy atom. The lowest BCUT2D eigenvalue weighted by Gasteiger charge is -2.07. The molecule has 0 spiro atoms. The standard InChI is InChI=1S/C9H3F5O2/c1-2-3-4(9(15)16-14)6(11)8(13)7(12)5(3)10/h2H,1H2. The van der Waals surface area contributed by atoms with Crippen molar-refractivity contribution >= 4 is 12.0 Å². The molecule has 16 heavy (non-hydrogen) atoms. The van der Waals surface area contributed by atoms with Crippen LogP contribution in [-0.4, -0.2) is 5.97 Å². The van der Waals surface area contributed by atoms with Crippen LogP contribution in [0.15, 0.2) is 6.58 Å². The van der Waals surface area contributed by atoms with Gasteiger partial charge in [0.05, 0.1) is 0 Å². The van der Waals surface area contributed by atoms with E-state index < -0.39 is 40.4 Å². The summed E-state index contributed by atoms with van der Waals surface area (Å²) in [5, 5.41) is 0. The van der Waals surface area contributed by atoms with E-state index in [0.29, 0.717) is 6.08 Å². The van der Waals surface area contributed by atoms with Gasteiger partial charge in [-0.2, -0.15) is 0 Å². The maximum absolute atomic E-state index is 13.0. The van der Waals surface area contributed by atoms with Crippen LogP contribution >= 0.6 is 0 Å². The largest absolute Gasteiger partial charge is 0.383 e. The fourth-order valence-electron chi connectivity index (χ4n) is 1.08. The van der Waals surface area contributed by atoms with E-state index in [9.17, 15) is 26.9 Å². The number of rotatable bonds is 2. The van der Waals surface area contributed by atoms with Crippen molar-refractivity contribution in [3.63, 3.8) is 0 Å². The Morgan fingerprint density at radius 2 is 1.56 bits per heavy atom. The molecule has 0 aliphatic carbocycles. The quantitative estimate of drug-likeness (QED) is 0.450. The van der Waals surface area contributed by atoms with Gasteiger partial charge in [0.25, 0.3) is 0 Å². The summed E-state index contributed by atoms with van der Waals surface area (Å²) >= 11 is 0. The van der Waals surface area contributed by atoms with Gasteiger partial charge in [-0.15, -0.1) is 0 Å². The van der Waals surface area contributed by atoms with Gasteiger partial charge in [-0.3, -0.25) is 0 Å². The number of carbonyl (C=O) groups excluding carboxylic acids is 1. The van der Waals surface area contributed by atoms with E-state index in [1.54, 1.807) is 0 Å². The summed E-state index contributed by atoms with van der Waals surface area (Å²) in [7, 11) is 0. The molecule has 0 radical (unpaired) electrons. The first-order chi connectivity index (χ1) is 7.45. The van der Waals surface area contributed by atoms with Crippen molar-refractivity contribution in [2.45, 2.75) is 0 Å². The molecule has 0 aliphatic rings. The lowest BCUT2D eigenvalue weighted by molar-refractivity contribution is -0.0793. The minimum absolute atomic E-state index is 0.535. The maximum Gasteiger partial charge on any atom is 0.383 e. The maximum atomic E-state index is 13.0. The number of benzene rings is 1. The molecule has 86 valence electrons. The predicted octanol–water partition coefficient (Wildman–Crippen LogP) is 2.93. The number of hydrogen-bond donors (Lipinski definition) is 0. The summed E-state index contributed by atoms with van der Waals surface area (Å²) in [6.45, 7) is 2.95. The van der Waals surface area contributed by atoms with E-state index in [0.717, 1.165) is 0 Å². The van der Waals surface area contributed by atoms with Gasteiger partial charge >= 0.3 is 5.97 Å². The van der Waals surface area contributed by atoms with Gasteiger partial charge in [-0.05, 0) is 0 Å². The molecule has 0 aliphatic heterocycles. The van der Waals surface area contributed by atoms with Crippen molar-refractivity contribution in [2.75, 3.05) is 0 Å². The van der Waals surface area contributed by atoms with Crippen molar-refractivity contribution < 1.29 is 31.8 Å². The lowest BCUT2D eigenvalue weighted by atomic mass is 10.1. The average Bonchev–Trinajstić information content (AvgIpc) is 2.29. The van der Waals surface area contributed by atoms with Crippen molar-refractivity contribution in [3.8, 4) is 0 Å². The predicted molar refractivity (Wildman–Crippen MR) is 42.9 cm³/mol. The smallest absolute Gasteiger partial charge is 0.249 e. The Labute approximate surface area is 85.8 Å². The Kier molecular flexibility index (Phi) is 3.26. The third-order valence-electron chi connectivity index (χ3n) is 1.78. The normalized spacial score (nSPS) is 10.1. The van der Waals surface area contributed by atoms with Crippen LogP contribution in [-0.2, 0) is 4.94 Å². The first-order valence-corrected chi connectivity index (χ1v) is 3.77. The molecule has 0 fully saturated rings. The van der Waals surface area contributed by atoms with Crippen molar-refractivity contribution in [3.05, 3.63) is 41.0 Å². The van der Waals surface area contributed by atoms with E-state index in [-0.39, 0.29) is 0 Å². The van der Waals surface area contributed by atoms with Crippen LogP contribution in [0.25, 0.3) is 6.08 Å². The summed E-state index contributed by atoms with van der Waals surface area (Å²) in [6.07, 6.45) is 0.535. The highest BCUT2D eigenvalue weighted by Crippen LogP contribution is 2.25. The van der Waals surface area contributed by atoms with Crippen LogP contribution in [0.1, 0.15) is 15.9 Å². The first-order valence-electron chi connectivity index (χ1n) is 3.77. The molecule has 1 aromatic carbocycles. The molecule has 0 aromatic heterocycles. The highest BCUT2D eigenvalue weighted by atomic mass is 19.3. The summed E-state index contributed by atoms with van der Waals surface area (Å²) < 4.78 is 63.0. The van der Waals surface area contributed by atoms with E-state index in [1.165, 1.54) is 0 Å². The van der Waals surface area contributed by atoms with Crippen LogP contribution < -0.4 is 0 Å². The molecule has 0 N–H and O–H groups in total. The molecular weight excluding hydrogens is 235 g/mol. The molecule has 2 nitrogen and oxygen atoms in total. The highest BCUT2D eigenvalue weighted by molar-refractivity contribution is 5.93. The van der Waals surface area contributed by atoms with E-state index in [2.05, 4.69) is 11.5 Å². The summed E-state index contributed by atoms with van der Waals surface area (Å²) in [4.78, 5) is 13.3. The molecule has 0 unspecified atom stereocenters. The topological polar surface area (TPSA) is 26.3 Å². The van der Waals surface area contributed by atoms with Gasteiger partial charge in [-0.1, -0.05) is 12.7 Å². The van der Waals surface area contributed by atoms with Gasteiger partial charge in [0.1, 0.15) is 5.56 Å². The molecule has 0 bridgehead atoms. The third kappa shape index (κ3) is 1.64. The summed E-state index contributed by atoms with van der Waals surface area (Å²) in [6, 6.07) is 0. The number of hydrogen-bond acceptors (Lipinski definition) is 2. The zero-order valence-electron chi connectivity index (χ0n) is 7.49. The Balaban J connectivity index is 3.70. The molecule has 1 aromatic rings. The Hall–Kier alpha value is -1.92. The fraction of sp³-hybridized carbons (Fsp3) is 0. The van der Waals surface area contributed by atoms with Crippen molar-refractivity contribution in [2.24, 2.45) is 0 Å². The summed E-state index contributed by atoms with van der Waals surface area (Å²) in [5.74, 6) is -10.2. The molecule has 0 heterocycles. The van der Waals surface area contributed by atoms with E-state index in [1.807, 2.05) is 0 Å². The van der Waals surface area contributed by atoms with Crippen LogP contribution in [0.4, 0.5) is 22.1 Å². The van der Waals surface area contributed by atoms with Crippen LogP contribution in [0, 0.1) is 23.3 Å². The average molecular weight is 238 g/mol. The number of halogens is 5. The zero-order chi connectivity index (χ0) is 12.5. The second-order valence-electron chi connectivity index (χ2n) is 2.61. The lowest BCUT2D eigenvalue weighted by Crippen LogP contribution is -2.12. The molecule has 0 amide bonds. The van der Waals surface area contributed by atoms with Gasteiger partial charge in [-0.25, -0.2) is 27.3 Å². The molecule has 0 saturated carbocycles. The van der Waals surface area contributed by atoms with Crippen molar-refractivity contribution in [1.82, 2.24) is 0 Å². The SMILES string of the molecule is C=Cc1c(F)c(F)c(F)c(F)c1C(=O)OF. The number of carbonyl (C=O) groups is 1. The zero-order valence-corrected chi connectivity index (χ0v) is 7.49. The van der Waals surface area contributed by atoms with Crippen molar-refractivity contribution in [1.29, 1.82) is 0 Å². The summed E-state index contributed by atoms with van der Waals surface area (Å²) in [5.41, 5.74) is -2.41. The van der Waals surface area contributed by atoms with Crippen LogP contribution in [0.2, 0.25) is 0 Å². The third-order valence-corrected chi connectivity index (χ3v) is 1.78. The van der Waals surface area contributed by atoms with Crippen LogP contribution in [0.3, 0.4) is 0 Å². The van der Waals surface area contributed by atoms with Gasteiger partial charge in [0.2, 0.25) is 0 Å². The molecule has 7 heteroatoms. The minimum atomic E-state index is -2.23. The molecule has 0 saturated heterocycles. The van der Waals surface area contributed by atoms with Gasteiger partial charge in [0.15, 0.2) is 23.3 Å². The molecule has 0 atom stereocenters. The fourth-order valence-corrected chi connectivity index (χ4v) is 1.08. The van der Waals surface area contributed by atoms with Gasteiger partial charge in [0, 0.05) is 10.1 Å². The monoisotopic (exact) mass is 238 g/mol. The van der Waals surface area contributed by atoms with E-state index in [4.69, 9.17) is 0 Å². The van der Waals surface area contributed by atoms with Gasteiger partial charge < -0.3 is 0 Å².